The van der Waals surface area contributed by atoms with E-state index < -0.39 is 26.7 Å². The fourth-order valence-electron chi connectivity index (χ4n) is 4.10. The van der Waals surface area contributed by atoms with Crippen LogP contribution in [0.1, 0.15) is 23.2 Å². The molecule has 29 heavy (non-hydrogen) atoms. The van der Waals surface area contributed by atoms with Crippen molar-refractivity contribution in [2.45, 2.75) is 29.2 Å². The number of nitrogens with one attached hydrogen (secondary N) is 1. The van der Waals surface area contributed by atoms with Gasteiger partial charge in [0.05, 0.1) is 16.5 Å². The van der Waals surface area contributed by atoms with Crippen LogP contribution < -0.4 is 0 Å². The number of benzene rings is 2. The molecule has 1 aromatic heterocycles. The van der Waals surface area contributed by atoms with Crippen LogP contribution in [0, 0.1) is 17.2 Å². The maximum atomic E-state index is 15.9. The summed E-state index contributed by atoms with van der Waals surface area (Å²) < 4.78 is 41.8. The van der Waals surface area contributed by atoms with Crippen LogP contribution in [0.3, 0.4) is 0 Å². The summed E-state index contributed by atoms with van der Waals surface area (Å²) in [5.74, 6) is -3.25. The first-order valence-electron chi connectivity index (χ1n) is 9.04. The number of carbonyl (C=O) groups is 1. The van der Waals surface area contributed by atoms with Crippen molar-refractivity contribution in [1.29, 1.82) is 5.26 Å². The molecule has 3 aromatic rings. The van der Waals surface area contributed by atoms with Gasteiger partial charge in [0.1, 0.15) is 0 Å². The summed E-state index contributed by atoms with van der Waals surface area (Å²) in [5.41, 5.74) is 2.72. The maximum Gasteiger partial charge on any atom is 0.358 e. The Morgan fingerprint density at radius 2 is 1.97 bits per heavy atom. The fourth-order valence-corrected chi connectivity index (χ4v) is 5.83. The molecular formula is C21H17FN2O4S. The molecule has 0 radical (unpaired) electrons. The minimum absolute atomic E-state index is 0.0548. The Bertz CT molecular complexity index is 1260. The Morgan fingerprint density at radius 3 is 2.62 bits per heavy atom. The number of carboxylic acid groups (broad SMARTS) is 1. The molecule has 2 unspecified atom stereocenters. The molecule has 1 aliphatic carbocycles. The van der Waals surface area contributed by atoms with Crippen molar-refractivity contribution in [2.75, 3.05) is 0 Å². The zero-order valence-corrected chi connectivity index (χ0v) is 16.0. The highest BCUT2D eigenvalue weighted by atomic mass is 32.2. The second kappa shape index (κ2) is 6.71. The van der Waals surface area contributed by atoms with Gasteiger partial charge in [-0.25, -0.2) is 17.6 Å². The summed E-state index contributed by atoms with van der Waals surface area (Å²) >= 11 is 0. The van der Waals surface area contributed by atoms with Gasteiger partial charge >= 0.3 is 11.0 Å². The largest absolute Gasteiger partial charge is 0.478 e. The highest BCUT2D eigenvalue weighted by molar-refractivity contribution is 7.93. The summed E-state index contributed by atoms with van der Waals surface area (Å²) in [6.45, 7) is 0. The normalized spacial score (nSPS) is 18.6. The molecular weight excluding hydrogens is 395 g/mol. The minimum atomic E-state index is -4.77. The van der Waals surface area contributed by atoms with Gasteiger partial charge < -0.3 is 10.1 Å². The van der Waals surface area contributed by atoms with Gasteiger partial charge in [-0.1, -0.05) is 18.2 Å². The highest BCUT2D eigenvalue weighted by Crippen LogP contribution is 2.43. The van der Waals surface area contributed by atoms with Crippen molar-refractivity contribution in [3.63, 3.8) is 0 Å². The number of aliphatic carboxylic acids is 1. The second-order valence-corrected chi connectivity index (χ2v) is 9.23. The molecule has 8 heteroatoms. The molecule has 2 aromatic carbocycles. The fraction of sp³-hybridized carbons (Fsp3) is 0.238. The van der Waals surface area contributed by atoms with Crippen LogP contribution in [0.25, 0.3) is 10.9 Å². The molecule has 0 saturated carbocycles. The molecule has 0 spiro atoms. The number of nitriles is 1. The predicted octanol–water partition coefficient (Wildman–Crippen LogP) is 3.37. The number of aryl methyl sites for hydroxylation is 1. The number of aromatic amines is 1. The SMILES string of the molecule is N#Cc1ccc2[nH]c3c(c2c1)CCC(C(F)(C(=O)O)S(=O)(=O)c1ccccc1)C3. The monoisotopic (exact) mass is 412 g/mol. The Kier molecular flexibility index (Phi) is 4.43. The van der Waals surface area contributed by atoms with E-state index in [9.17, 15) is 18.3 Å². The lowest BCUT2D eigenvalue weighted by Crippen LogP contribution is -2.50. The average molecular weight is 412 g/mol. The van der Waals surface area contributed by atoms with Gasteiger partial charge in [-0.15, -0.1) is 0 Å². The summed E-state index contributed by atoms with van der Waals surface area (Å²) in [7, 11) is -4.77. The molecule has 1 heterocycles. The summed E-state index contributed by atoms with van der Waals surface area (Å²) in [4.78, 5) is 14.7. The number of alkyl halides is 1. The topological polar surface area (TPSA) is 111 Å². The van der Waals surface area contributed by atoms with E-state index in [1.54, 1.807) is 24.3 Å². The molecule has 2 N–H and O–H groups in total. The first-order chi connectivity index (χ1) is 13.8. The zero-order chi connectivity index (χ0) is 20.8. The quantitative estimate of drug-likeness (QED) is 0.683. The lowest BCUT2D eigenvalue weighted by Gasteiger charge is -2.32. The Balaban J connectivity index is 1.78. The van der Waals surface area contributed by atoms with Crippen LogP contribution >= 0.6 is 0 Å². The molecule has 0 amide bonds. The second-order valence-electron chi connectivity index (χ2n) is 7.16. The van der Waals surface area contributed by atoms with Gasteiger partial charge in [0.15, 0.2) is 0 Å². The van der Waals surface area contributed by atoms with E-state index >= 15 is 4.39 Å². The van der Waals surface area contributed by atoms with Gasteiger partial charge in [0.25, 0.3) is 0 Å². The molecule has 2 atom stereocenters. The molecule has 0 fully saturated rings. The molecule has 1 aliphatic rings. The standard InChI is InChI=1S/C21H17FN2O4S/c22-21(20(25)26,29(27,28)15-4-2-1-3-5-15)14-7-8-16-17-10-13(12-23)6-9-18(17)24-19(16)11-14/h1-6,9-10,14,24H,7-8,11H2,(H,25,26). The van der Waals surface area contributed by atoms with E-state index in [2.05, 4.69) is 11.1 Å². The van der Waals surface area contributed by atoms with E-state index in [-0.39, 0.29) is 17.7 Å². The molecule has 0 saturated heterocycles. The lowest BCUT2D eigenvalue weighted by atomic mass is 9.83. The molecule has 148 valence electrons. The Morgan fingerprint density at radius 1 is 1.24 bits per heavy atom. The van der Waals surface area contributed by atoms with Crippen molar-refractivity contribution in [2.24, 2.45) is 5.92 Å². The number of hydrogen-bond acceptors (Lipinski definition) is 4. The van der Waals surface area contributed by atoms with Crippen molar-refractivity contribution in [3.05, 3.63) is 65.4 Å². The predicted molar refractivity (Wildman–Crippen MR) is 104 cm³/mol. The van der Waals surface area contributed by atoms with Gasteiger partial charge in [0.2, 0.25) is 9.84 Å². The maximum absolute atomic E-state index is 15.9. The summed E-state index contributed by atoms with van der Waals surface area (Å²) in [6, 6.07) is 14.0. The van der Waals surface area contributed by atoms with Crippen LogP contribution in [0.2, 0.25) is 0 Å². The number of nitrogens with zero attached hydrogens (tertiary/aromatic N) is 1. The van der Waals surface area contributed by atoms with Gasteiger partial charge in [0, 0.05) is 22.5 Å². The van der Waals surface area contributed by atoms with Gasteiger partial charge in [-0.2, -0.15) is 5.26 Å². The van der Waals surface area contributed by atoms with Crippen molar-refractivity contribution in [3.8, 4) is 6.07 Å². The average Bonchev–Trinajstić information content (AvgIpc) is 3.10. The first-order valence-corrected chi connectivity index (χ1v) is 10.5. The summed E-state index contributed by atoms with van der Waals surface area (Å²) in [6.07, 6.45) is 0.324. The van der Waals surface area contributed by atoms with Crippen molar-refractivity contribution < 1.29 is 22.7 Å². The molecule has 6 nitrogen and oxygen atoms in total. The van der Waals surface area contributed by atoms with Crippen molar-refractivity contribution >= 4 is 26.7 Å². The number of sulfone groups is 1. The van der Waals surface area contributed by atoms with Crippen LogP contribution in [-0.2, 0) is 27.5 Å². The third kappa shape index (κ3) is 2.81. The van der Waals surface area contributed by atoms with Crippen LogP contribution in [-0.4, -0.2) is 29.5 Å². The third-order valence-corrected chi connectivity index (χ3v) is 7.76. The van der Waals surface area contributed by atoms with E-state index in [4.69, 9.17) is 5.26 Å². The first kappa shape index (κ1) is 19.2. The van der Waals surface area contributed by atoms with Gasteiger partial charge in [-0.05, 0) is 55.2 Å². The van der Waals surface area contributed by atoms with Crippen LogP contribution in [0.5, 0.6) is 0 Å². The van der Waals surface area contributed by atoms with E-state index in [0.29, 0.717) is 17.7 Å². The van der Waals surface area contributed by atoms with E-state index in [1.165, 1.54) is 24.3 Å². The van der Waals surface area contributed by atoms with E-state index in [0.717, 1.165) is 16.5 Å². The molecule has 0 bridgehead atoms. The zero-order valence-electron chi connectivity index (χ0n) is 15.2. The number of hydrogen-bond donors (Lipinski definition) is 2. The number of aromatic nitrogens is 1. The van der Waals surface area contributed by atoms with Crippen molar-refractivity contribution in [1.82, 2.24) is 4.98 Å². The number of halogens is 1. The smallest absolute Gasteiger partial charge is 0.358 e. The number of rotatable bonds is 4. The third-order valence-electron chi connectivity index (χ3n) is 5.58. The van der Waals surface area contributed by atoms with Crippen LogP contribution in [0.4, 0.5) is 4.39 Å². The minimum Gasteiger partial charge on any atom is -0.478 e. The number of fused-ring (bicyclic) bond motifs is 3. The van der Waals surface area contributed by atoms with Gasteiger partial charge in [-0.3, -0.25) is 0 Å². The highest BCUT2D eigenvalue weighted by Gasteiger charge is 2.59. The molecule has 0 aliphatic heterocycles. The summed E-state index contributed by atoms with van der Waals surface area (Å²) in [5, 5.41) is 16.1. The Hall–Kier alpha value is -3.18. The lowest BCUT2D eigenvalue weighted by molar-refractivity contribution is -0.148. The van der Waals surface area contributed by atoms with Crippen LogP contribution in [0.15, 0.2) is 53.4 Å². The molecule has 4 rings (SSSR count). The Labute approximate surface area is 166 Å². The van der Waals surface area contributed by atoms with E-state index in [1.807, 2.05) is 0 Å². The number of H-pyrrole nitrogens is 1. The number of carboxylic acids is 1.